The third-order valence-corrected chi connectivity index (χ3v) is 2.65. The molecule has 1 N–H and O–H groups in total. The molecule has 0 aliphatic rings. The molecule has 16 heavy (non-hydrogen) atoms. The van der Waals surface area contributed by atoms with Gasteiger partial charge in [-0.05, 0) is 13.3 Å². The second kappa shape index (κ2) is 6.66. The molecule has 1 unspecified atom stereocenters. The number of aromatic nitrogens is 2. The van der Waals surface area contributed by atoms with Crippen LogP contribution in [0.5, 0.6) is 0 Å². The highest BCUT2D eigenvalue weighted by molar-refractivity contribution is 5.00. The predicted octanol–water partition coefficient (Wildman–Crippen LogP) is 1.98. The minimum atomic E-state index is 0.436. The van der Waals surface area contributed by atoms with Gasteiger partial charge in [-0.25, -0.2) is 4.98 Å². The molecule has 0 saturated carbocycles. The smallest absolute Gasteiger partial charge is 0.0951 e. The number of ether oxygens (including phenoxy) is 1. The molecule has 1 aromatic rings. The number of imidazole rings is 1. The fourth-order valence-electron chi connectivity index (χ4n) is 1.60. The van der Waals surface area contributed by atoms with Gasteiger partial charge in [0, 0.05) is 38.5 Å². The molecule has 0 fully saturated rings. The van der Waals surface area contributed by atoms with E-state index in [2.05, 4.69) is 35.6 Å². The minimum Gasteiger partial charge on any atom is -0.385 e. The molecule has 0 bridgehead atoms. The highest BCUT2D eigenvalue weighted by atomic mass is 16.5. The molecule has 1 atom stereocenters. The topological polar surface area (TPSA) is 39.1 Å². The van der Waals surface area contributed by atoms with E-state index in [1.54, 1.807) is 7.11 Å². The van der Waals surface area contributed by atoms with Crippen molar-refractivity contribution in [2.45, 2.75) is 45.8 Å². The summed E-state index contributed by atoms with van der Waals surface area (Å²) in [5, 5.41) is 3.41. The van der Waals surface area contributed by atoms with Gasteiger partial charge < -0.3 is 14.6 Å². The van der Waals surface area contributed by atoms with Crippen LogP contribution in [0.15, 0.2) is 12.5 Å². The summed E-state index contributed by atoms with van der Waals surface area (Å²) in [6.07, 6.45) is 4.85. The van der Waals surface area contributed by atoms with Crippen molar-refractivity contribution in [3.05, 3.63) is 18.2 Å². The SMILES string of the molecule is COCCC(C)n1cncc1CNC(C)C. The molecule has 1 rings (SSSR count). The van der Waals surface area contributed by atoms with Gasteiger partial charge in [-0.2, -0.15) is 0 Å². The fourth-order valence-corrected chi connectivity index (χ4v) is 1.60. The molecule has 1 aromatic heterocycles. The zero-order valence-electron chi connectivity index (χ0n) is 10.7. The molecule has 92 valence electrons. The molecule has 4 nitrogen and oxygen atoms in total. The molecule has 0 radical (unpaired) electrons. The van der Waals surface area contributed by atoms with Crippen LogP contribution in [0.2, 0.25) is 0 Å². The lowest BCUT2D eigenvalue weighted by Gasteiger charge is -2.17. The van der Waals surface area contributed by atoms with Crippen LogP contribution < -0.4 is 5.32 Å². The van der Waals surface area contributed by atoms with Crippen molar-refractivity contribution in [2.75, 3.05) is 13.7 Å². The van der Waals surface area contributed by atoms with Crippen molar-refractivity contribution in [3.63, 3.8) is 0 Å². The first-order chi connectivity index (χ1) is 7.65. The normalized spacial score (nSPS) is 13.3. The Bertz CT molecular complexity index is 296. The first-order valence-electron chi connectivity index (χ1n) is 5.88. The van der Waals surface area contributed by atoms with Crippen LogP contribution in [0, 0.1) is 0 Å². The van der Waals surface area contributed by atoms with Gasteiger partial charge in [-0.15, -0.1) is 0 Å². The lowest BCUT2D eigenvalue weighted by Crippen LogP contribution is -2.24. The van der Waals surface area contributed by atoms with E-state index < -0.39 is 0 Å². The zero-order valence-corrected chi connectivity index (χ0v) is 10.7. The maximum Gasteiger partial charge on any atom is 0.0951 e. The Kier molecular flexibility index (Phi) is 5.49. The Morgan fingerprint density at radius 1 is 1.44 bits per heavy atom. The summed E-state index contributed by atoms with van der Waals surface area (Å²) in [5.74, 6) is 0. The highest BCUT2D eigenvalue weighted by Gasteiger charge is 2.09. The summed E-state index contributed by atoms with van der Waals surface area (Å²) >= 11 is 0. The van der Waals surface area contributed by atoms with Crippen LogP contribution in [-0.4, -0.2) is 29.3 Å². The zero-order chi connectivity index (χ0) is 12.0. The highest BCUT2D eigenvalue weighted by Crippen LogP contribution is 2.13. The molecule has 0 aliphatic heterocycles. The number of rotatable bonds is 7. The predicted molar refractivity (Wildman–Crippen MR) is 65.4 cm³/mol. The van der Waals surface area contributed by atoms with E-state index in [9.17, 15) is 0 Å². The van der Waals surface area contributed by atoms with Crippen LogP contribution in [-0.2, 0) is 11.3 Å². The van der Waals surface area contributed by atoms with Crippen molar-refractivity contribution in [1.82, 2.24) is 14.9 Å². The molecule has 0 aromatic carbocycles. The number of hydrogen-bond donors (Lipinski definition) is 1. The second-order valence-corrected chi connectivity index (χ2v) is 4.46. The lowest BCUT2D eigenvalue weighted by molar-refractivity contribution is 0.180. The third-order valence-electron chi connectivity index (χ3n) is 2.65. The minimum absolute atomic E-state index is 0.436. The molecule has 0 spiro atoms. The van der Waals surface area contributed by atoms with Crippen LogP contribution in [0.3, 0.4) is 0 Å². The van der Waals surface area contributed by atoms with Gasteiger partial charge in [-0.1, -0.05) is 13.8 Å². The number of nitrogens with one attached hydrogen (secondary N) is 1. The van der Waals surface area contributed by atoms with Gasteiger partial charge in [-0.3, -0.25) is 0 Å². The van der Waals surface area contributed by atoms with Crippen molar-refractivity contribution in [1.29, 1.82) is 0 Å². The average Bonchev–Trinajstić information content (AvgIpc) is 2.71. The largest absolute Gasteiger partial charge is 0.385 e. The van der Waals surface area contributed by atoms with Crippen LogP contribution in [0.25, 0.3) is 0 Å². The average molecular weight is 225 g/mol. The van der Waals surface area contributed by atoms with Gasteiger partial charge in [0.05, 0.1) is 12.0 Å². The molecule has 0 amide bonds. The first-order valence-corrected chi connectivity index (χ1v) is 5.88. The Morgan fingerprint density at radius 2 is 2.19 bits per heavy atom. The molecule has 4 heteroatoms. The number of hydrogen-bond acceptors (Lipinski definition) is 3. The van der Waals surface area contributed by atoms with E-state index >= 15 is 0 Å². The summed E-state index contributed by atoms with van der Waals surface area (Å²) < 4.78 is 7.32. The van der Waals surface area contributed by atoms with Crippen molar-refractivity contribution >= 4 is 0 Å². The number of nitrogens with zero attached hydrogens (tertiary/aromatic N) is 2. The quantitative estimate of drug-likeness (QED) is 0.771. The van der Waals surface area contributed by atoms with Gasteiger partial charge in [0.25, 0.3) is 0 Å². The molecular weight excluding hydrogens is 202 g/mol. The molecule has 0 saturated heterocycles. The Hall–Kier alpha value is -0.870. The summed E-state index contributed by atoms with van der Waals surface area (Å²) in [4.78, 5) is 4.21. The van der Waals surface area contributed by atoms with Gasteiger partial charge in [0.1, 0.15) is 0 Å². The monoisotopic (exact) mass is 225 g/mol. The van der Waals surface area contributed by atoms with Crippen LogP contribution in [0.4, 0.5) is 0 Å². The Labute approximate surface area is 98.0 Å². The third kappa shape index (κ3) is 3.94. The second-order valence-electron chi connectivity index (χ2n) is 4.46. The Balaban J connectivity index is 2.55. The summed E-state index contributed by atoms with van der Waals surface area (Å²) in [6, 6.07) is 0.934. The lowest BCUT2D eigenvalue weighted by atomic mass is 10.2. The Morgan fingerprint density at radius 3 is 2.81 bits per heavy atom. The van der Waals surface area contributed by atoms with Crippen molar-refractivity contribution in [2.24, 2.45) is 0 Å². The summed E-state index contributed by atoms with van der Waals surface area (Å²) in [7, 11) is 1.74. The summed E-state index contributed by atoms with van der Waals surface area (Å²) in [5.41, 5.74) is 1.23. The fraction of sp³-hybridized carbons (Fsp3) is 0.750. The van der Waals surface area contributed by atoms with Crippen LogP contribution in [0.1, 0.15) is 38.9 Å². The van der Waals surface area contributed by atoms with E-state index in [0.29, 0.717) is 12.1 Å². The number of methoxy groups -OCH3 is 1. The maximum atomic E-state index is 5.10. The van der Waals surface area contributed by atoms with E-state index in [1.807, 2.05) is 12.5 Å². The van der Waals surface area contributed by atoms with E-state index in [4.69, 9.17) is 4.74 Å². The van der Waals surface area contributed by atoms with E-state index in [-0.39, 0.29) is 0 Å². The van der Waals surface area contributed by atoms with Crippen molar-refractivity contribution < 1.29 is 4.74 Å². The molecular formula is C12H23N3O. The van der Waals surface area contributed by atoms with Gasteiger partial charge in [0.15, 0.2) is 0 Å². The van der Waals surface area contributed by atoms with Crippen molar-refractivity contribution in [3.8, 4) is 0 Å². The first kappa shape index (κ1) is 13.2. The summed E-state index contributed by atoms with van der Waals surface area (Å²) in [6.45, 7) is 8.15. The van der Waals surface area contributed by atoms with E-state index in [1.165, 1.54) is 5.69 Å². The molecule has 1 heterocycles. The maximum absolute atomic E-state index is 5.10. The van der Waals surface area contributed by atoms with Crippen LogP contribution >= 0.6 is 0 Å². The standard InChI is InChI=1S/C12H23N3O/c1-10(2)14-8-12-7-13-9-15(12)11(3)5-6-16-4/h7,9-11,14H,5-6,8H2,1-4H3. The van der Waals surface area contributed by atoms with Gasteiger partial charge >= 0.3 is 0 Å². The van der Waals surface area contributed by atoms with E-state index in [0.717, 1.165) is 19.6 Å². The molecule has 0 aliphatic carbocycles. The van der Waals surface area contributed by atoms with Gasteiger partial charge in [0.2, 0.25) is 0 Å².